The van der Waals surface area contributed by atoms with Gasteiger partial charge in [0.2, 0.25) is 10.0 Å². The van der Waals surface area contributed by atoms with Gasteiger partial charge in [-0.05, 0) is 42.5 Å². The van der Waals surface area contributed by atoms with Crippen LogP contribution < -0.4 is 15.2 Å². The number of hydrogen-bond acceptors (Lipinski definition) is 4. The van der Waals surface area contributed by atoms with Crippen LogP contribution >= 0.6 is 15.9 Å². The molecule has 0 saturated heterocycles. The molecule has 2 rings (SSSR count). The molecule has 2 aromatic rings. The molecule has 3 N–H and O–H groups in total. The SMILES string of the molecule is NS(=O)(=O)c1ccc(NCCOc2ccc(Br)cc2)cc1C(F)(F)F. The third-order valence-corrected chi connectivity index (χ3v) is 4.60. The van der Waals surface area contributed by atoms with E-state index in [0.717, 1.165) is 10.5 Å². The van der Waals surface area contributed by atoms with Crippen LogP contribution in [0.3, 0.4) is 0 Å². The number of nitrogens with two attached hydrogens (primary N) is 1. The zero-order valence-corrected chi connectivity index (χ0v) is 15.1. The Bertz CT molecular complexity index is 840. The van der Waals surface area contributed by atoms with Gasteiger partial charge in [-0.15, -0.1) is 0 Å². The molecule has 0 amide bonds. The molecule has 0 atom stereocenters. The van der Waals surface area contributed by atoms with Gasteiger partial charge in [-0.1, -0.05) is 15.9 Å². The van der Waals surface area contributed by atoms with Gasteiger partial charge in [0.05, 0.1) is 10.5 Å². The van der Waals surface area contributed by atoms with Crippen LogP contribution in [-0.4, -0.2) is 21.6 Å². The number of alkyl halides is 3. The van der Waals surface area contributed by atoms with Crippen LogP contribution in [0.1, 0.15) is 5.56 Å². The maximum Gasteiger partial charge on any atom is 0.417 e. The van der Waals surface area contributed by atoms with Crippen molar-refractivity contribution in [1.82, 2.24) is 0 Å². The van der Waals surface area contributed by atoms with Crippen LogP contribution in [0.2, 0.25) is 0 Å². The molecule has 2 aromatic carbocycles. The summed E-state index contributed by atoms with van der Waals surface area (Å²) >= 11 is 3.29. The van der Waals surface area contributed by atoms with Gasteiger partial charge in [0.25, 0.3) is 0 Å². The van der Waals surface area contributed by atoms with E-state index in [4.69, 9.17) is 9.88 Å². The Kier molecular flexibility index (Phi) is 5.96. The molecular formula is C15H14BrF3N2O3S. The minimum atomic E-state index is -4.84. The van der Waals surface area contributed by atoms with E-state index in [0.29, 0.717) is 11.8 Å². The molecule has 0 fully saturated rings. The number of ether oxygens (including phenoxy) is 1. The topological polar surface area (TPSA) is 81.4 Å². The fourth-order valence-corrected chi connectivity index (χ4v) is 3.01. The Morgan fingerprint density at radius 2 is 1.76 bits per heavy atom. The molecule has 0 unspecified atom stereocenters. The van der Waals surface area contributed by atoms with Crippen LogP contribution in [0.4, 0.5) is 18.9 Å². The summed E-state index contributed by atoms with van der Waals surface area (Å²) in [6.07, 6.45) is -4.84. The summed E-state index contributed by atoms with van der Waals surface area (Å²) in [4.78, 5) is -0.961. The third kappa shape index (κ3) is 5.62. The second-order valence-corrected chi connectivity index (χ2v) is 7.43. The van der Waals surface area contributed by atoms with Gasteiger partial charge in [-0.3, -0.25) is 0 Å². The maximum atomic E-state index is 13.0. The molecule has 0 aliphatic carbocycles. The lowest BCUT2D eigenvalue weighted by Gasteiger charge is -2.14. The summed E-state index contributed by atoms with van der Waals surface area (Å²) in [5.41, 5.74) is -1.20. The van der Waals surface area contributed by atoms with Crippen molar-refractivity contribution in [3.8, 4) is 5.75 Å². The van der Waals surface area contributed by atoms with E-state index in [1.54, 1.807) is 24.3 Å². The van der Waals surface area contributed by atoms with Gasteiger partial charge >= 0.3 is 6.18 Å². The highest BCUT2D eigenvalue weighted by atomic mass is 79.9. The van der Waals surface area contributed by atoms with Gasteiger partial charge in [0.1, 0.15) is 12.4 Å². The van der Waals surface area contributed by atoms with Crippen molar-refractivity contribution < 1.29 is 26.3 Å². The van der Waals surface area contributed by atoms with Crippen molar-refractivity contribution in [3.05, 3.63) is 52.5 Å². The van der Waals surface area contributed by atoms with Crippen LogP contribution in [0.5, 0.6) is 5.75 Å². The van der Waals surface area contributed by atoms with E-state index >= 15 is 0 Å². The maximum absolute atomic E-state index is 13.0. The van der Waals surface area contributed by atoms with Crippen LogP contribution in [0, 0.1) is 0 Å². The number of primary sulfonamides is 1. The van der Waals surface area contributed by atoms with E-state index in [2.05, 4.69) is 21.2 Å². The first kappa shape index (κ1) is 19.5. The Morgan fingerprint density at radius 3 is 2.32 bits per heavy atom. The number of halogens is 4. The molecule has 10 heteroatoms. The summed E-state index contributed by atoms with van der Waals surface area (Å²) < 4.78 is 68.0. The first-order valence-corrected chi connectivity index (χ1v) is 9.27. The number of benzene rings is 2. The molecule has 0 heterocycles. The first-order valence-electron chi connectivity index (χ1n) is 6.93. The van der Waals surface area contributed by atoms with E-state index in [1.165, 1.54) is 6.07 Å². The Balaban J connectivity index is 2.04. The summed E-state index contributed by atoms with van der Waals surface area (Å²) in [6.45, 7) is 0.433. The minimum absolute atomic E-state index is 0.110. The minimum Gasteiger partial charge on any atom is -0.492 e. The van der Waals surface area contributed by atoms with E-state index < -0.39 is 26.7 Å². The fraction of sp³-hybridized carbons (Fsp3) is 0.200. The van der Waals surface area contributed by atoms with Crippen molar-refractivity contribution in [2.75, 3.05) is 18.5 Å². The summed E-state index contributed by atoms with van der Waals surface area (Å²) in [7, 11) is -4.47. The molecule has 0 aliphatic rings. The lowest BCUT2D eigenvalue weighted by atomic mass is 10.2. The fourth-order valence-electron chi connectivity index (χ4n) is 2.00. The van der Waals surface area contributed by atoms with Crippen LogP contribution in [0.25, 0.3) is 0 Å². The third-order valence-electron chi connectivity index (χ3n) is 3.11. The first-order chi connectivity index (χ1) is 11.6. The van der Waals surface area contributed by atoms with Crippen molar-refractivity contribution in [2.45, 2.75) is 11.1 Å². The van der Waals surface area contributed by atoms with Crippen LogP contribution in [-0.2, 0) is 16.2 Å². The largest absolute Gasteiger partial charge is 0.492 e. The number of nitrogens with one attached hydrogen (secondary N) is 1. The standard InChI is InChI=1S/C15H14BrF3N2O3S/c16-10-1-4-12(5-2-10)24-8-7-21-11-3-6-14(25(20,22)23)13(9-11)15(17,18)19/h1-6,9,21H,7-8H2,(H2,20,22,23). The lowest BCUT2D eigenvalue weighted by molar-refractivity contribution is -0.139. The number of hydrogen-bond donors (Lipinski definition) is 2. The average Bonchev–Trinajstić information content (AvgIpc) is 2.51. The predicted octanol–water partition coefficient (Wildman–Crippen LogP) is 3.61. The molecule has 0 bridgehead atoms. The van der Waals surface area contributed by atoms with Gasteiger partial charge in [-0.2, -0.15) is 13.2 Å². The zero-order valence-electron chi connectivity index (χ0n) is 12.7. The van der Waals surface area contributed by atoms with Gasteiger partial charge < -0.3 is 10.1 Å². The molecule has 0 aliphatic heterocycles. The second-order valence-electron chi connectivity index (χ2n) is 4.98. The Labute approximate surface area is 151 Å². The Morgan fingerprint density at radius 1 is 1.12 bits per heavy atom. The van der Waals surface area contributed by atoms with Crippen molar-refractivity contribution in [3.63, 3.8) is 0 Å². The van der Waals surface area contributed by atoms with Crippen molar-refractivity contribution in [2.24, 2.45) is 5.14 Å². The van der Waals surface area contributed by atoms with E-state index in [1.807, 2.05) is 0 Å². The monoisotopic (exact) mass is 438 g/mol. The van der Waals surface area contributed by atoms with Gasteiger partial charge in [0.15, 0.2) is 0 Å². The summed E-state index contributed by atoms with van der Waals surface area (Å²) in [5, 5.41) is 7.58. The molecule has 0 spiro atoms. The molecule has 0 saturated carbocycles. The molecular weight excluding hydrogens is 425 g/mol. The highest BCUT2D eigenvalue weighted by Gasteiger charge is 2.36. The number of anilines is 1. The molecule has 0 radical (unpaired) electrons. The van der Waals surface area contributed by atoms with Gasteiger partial charge in [-0.25, -0.2) is 13.6 Å². The van der Waals surface area contributed by atoms with Crippen molar-refractivity contribution >= 4 is 31.6 Å². The van der Waals surface area contributed by atoms with Gasteiger partial charge in [0, 0.05) is 16.7 Å². The smallest absolute Gasteiger partial charge is 0.417 e. The lowest BCUT2D eigenvalue weighted by Crippen LogP contribution is -2.19. The number of rotatable bonds is 6. The normalized spacial score (nSPS) is 12.0. The van der Waals surface area contributed by atoms with Crippen LogP contribution in [0.15, 0.2) is 51.8 Å². The Hall–Kier alpha value is -1.78. The van der Waals surface area contributed by atoms with E-state index in [9.17, 15) is 21.6 Å². The zero-order chi connectivity index (χ0) is 18.7. The molecule has 136 valence electrons. The predicted molar refractivity (Wildman–Crippen MR) is 90.9 cm³/mol. The number of sulfonamides is 1. The second kappa shape index (κ2) is 7.63. The molecule has 5 nitrogen and oxygen atoms in total. The summed E-state index contributed by atoms with van der Waals surface area (Å²) in [6, 6.07) is 9.83. The molecule has 25 heavy (non-hydrogen) atoms. The quantitative estimate of drug-likeness (QED) is 0.674. The summed E-state index contributed by atoms with van der Waals surface area (Å²) in [5.74, 6) is 0.616. The van der Waals surface area contributed by atoms with E-state index in [-0.39, 0.29) is 18.8 Å². The average molecular weight is 439 g/mol. The highest BCUT2D eigenvalue weighted by molar-refractivity contribution is 9.10. The molecule has 0 aromatic heterocycles. The van der Waals surface area contributed by atoms with Crippen molar-refractivity contribution in [1.29, 1.82) is 0 Å². The highest BCUT2D eigenvalue weighted by Crippen LogP contribution is 2.35.